The number of rotatable bonds is 0. The molecule has 0 radical (unpaired) electrons. The maximum atomic E-state index is 4.96. The lowest BCUT2D eigenvalue weighted by Crippen LogP contribution is -1.78. The summed E-state index contributed by atoms with van der Waals surface area (Å²) in [4.78, 5) is 0. The molecule has 48 valence electrons. The zero-order valence-electron chi connectivity index (χ0n) is 4.99. The first-order chi connectivity index (χ1) is 4.50. The minimum Gasteiger partial charge on any atom is -0.497 e. The van der Waals surface area contributed by atoms with E-state index in [1.54, 1.807) is 37.0 Å². The molecule has 0 aromatic carbocycles. The summed E-state index contributed by atoms with van der Waals surface area (Å²) in [5, 5.41) is 0. The summed E-state index contributed by atoms with van der Waals surface area (Å²) in [5.41, 5.74) is 0. The van der Waals surface area contributed by atoms with Crippen molar-refractivity contribution in [1.29, 1.82) is 0 Å². The molecular weight excluding hydrogens is 116 g/mol. The van der Waals surface area contributed by atoms with E-state index in [4.69, 9.17) is 9.47 Å². The van der Waals surface area contributed by atoms with E-state index >= 15 is 0 Å². The fourth-order valence-corrected chi connectivity index (χ4v) is 0.443. The van der Waals surface area contributed by atoms with E-state index in [2.05, 4.69) is 0 Å². The van der Waals surface area contributed by atoms with Crippen molar-refractivity contribution < 1.29 is 9.47 Å². The van der Waals surface area contributed by atoms with Crippen molar-refractivity contribution in [2.75, 3.05) is 6.61 Å². The van der Waals surface area contributed by atoms with Crippen molar-refractivity contribution in [2.24, 2.45) is 0 Å². The van der Waals surface area contributed by atoms with E-state index in [1.807, 2.05) is 0 Å². The van der Waals surface area contributed by atoms with Gasteiger partial charge in [-0.15, -0.1) is 0 Å². The van der Waals surface area contributed by atoms with Crippen LogP contribution in [0.4, 0.5) is 0 Å². The summed E-state index contributed by atoms with van der Waals surface area (Å²) in [7, 11) is 0. The topological polar surface area (TPSA) is 18.5 Å². The molecule has 1 aliphatic rings. The lowest BCUT2D eigenvalue weighted by atomic mass is 10.6. The van der Waals surface area contributed by atoms with Gasteiger partial charge in [0.15, 0.2) is 0 Å². The summed E-state index contributed by atoms with van der Waals surface area (Å²) in [6.45, 7) is 0.568. The molecule has 0 atom stereocenters. The summed E-state index contributed by atoms with van der Waals surface area (Å²) < 4.78 is 9.82. The Labute approximate surface area is 54.1 Å². The Morgan fingerprint density at radius 2 is 1.89 bits per heavy atom. The normalized spacial score (nSPS) is 16.9. The Hall–Kier alpha value is -1.18. The number of hydrogen-bond donors (Lipinski definition) is 0. The summed E-state index contributed by atoms with van der Waals surface area (Å²) >= 11 is 0. The van der Waals surface area contributed by atoms with Crippen LogP contribution in [0.5, 0.6) is 0 Å². The van der Waals surface area contributed by atoms with Gasteiger partial charge in [-0.1, -0.05) is 0 Å². The molecule has 0 spiro atoms. The van der Waals surface area contributed by atoms with Crippen molar-refractivity contribution in [3.8, 4) is 0 Å². The van der Waals surface area contributed by atoms with Crippen LogP contribution in [0.3, 0.4) is 0 Å². The zero-order valence-corrected chi connectivity index (χ0v) is 4.99. The first kappa shape index (κ1) is 5.95. The Balaban J connectivity index is 2.43. The van der Waals surface area contributed by atoms with Gasteiger partial charge in [0.1, 0.15) is 6.61 Å². The van der Waals surface area contributed by atoms with Gasteiger partial charge >= 0.3 is 0 Å². The first-order valence-electron chi connectivity index (χ1n) is 2.74. The molecule has 0 fully saturated rings. The van der Waals surface area contributed by atoms with Crippen LogP contribution in [-0.4, -0.2) is 6.61 Å². The maximum Gasteiger partial charge on any atom is 0.109 e. The Bertz CT molecular complexity index is 145. The molecule has 2 nitrogen and oxygen atoms in total. The maximum absolute atomic E-state index is 4.96. The predicted molar refractivity (Wildman–Crippen MR) is 34.5 cm³/mol. The van der Waals surface area contributed by atoms with Gasteiger partial charge in [0.25, 0.3) is 0 Å². The van der Waals surface area contributed by atoms with Crippen LogP contribution >= 0.6 is 0 Å². The highest BCUT2D eigenvalue weighted by Gasteiger charge is 1.75. The smallest absolute Gasteiger partial charge is 0.109 e. The third-order valence-corrected chi connectivity index (χ3v) is 0.810. The van der Waals surface area contributed by atoms with Gasteiger partial charge in [0, 0.05) is 0 Å². The van der Waals surface area contributed by atoms with E-state index in [0.29, 0.717) is 6.61 Å². The van der Waals surface area contributed by atoms with Crippen molar-refractivity contribution in [2.45, 2.75) is 0 Å². The fourth-order valence-electron chi connectivity index (χ4n) is 0.443. The van der Waals surface area contributed by atoms with E-state index in [1.165, 1.54) is 0 Å². The Kier molecular flexibility index (Phi) is 2.50. The molecule has 0 aromatic rings. The molecule has 0 aromatic heterocycles. The van der Waals surface area contributed by atoms with E-state index in [0.717, 1.165) is 0 Å². The quantitative estimate of drug-likeness (QED) is 0.488. The van der Waals surface area contributed by atoms with Gasteiger partial charge in [-0.05, 0) is 18.2 Å². The van der Waals surface area contributed by atoms with Crippen molar-refractivity contribution in [1.82, 2.24) is 0 Å². The number of allylic oxidation sites excluding steroid dienone is 2. The summed E-state index contributed by atoms with van der Waals surface area (Å²) in [5.74, 6) is 0. The lowest BCUT2D eigenvalue weighted by molar-refractivity contribution is 0.286. The molecule has 0 saturated heterocycles. The standard InChI is InChI=1S/C7H8O2/c1-2-5-9-7-3-6-8-4-1/h1-6H,7H2. The molecule has 0 bridgehead atoms. The van der Waals surface area contributed by atoms with Crippen molar-refractivity contribution in [3.05, 3.63) is 37.0 Å². The monoisotopic (exact) mass is 124 g/mol. The highest BCUT2D eigenvalue weighted by atomic mass is 16.5. The molecule has 1 rings (SSSR count). The molecule has 0 N–H and O–H groups in total. The first-order valence-corrected chi connectivity index (χ1v) is 2.74. The second kappa shape index (κ2) is 3.78. The van der Waals surface area contributed by atoms with Crippen LogP contribution < -0.4 is 0 Å². The van der Waals surface area contributed by atoms with E-state index < -0.39 is 0 Å². The number of hydrogen-bond acceptors (Lipinski definition) is 2. The van der Waals surface area contributed by atoms with Crippen LogP contribution in [0.1, 0.15) is 0 Å². The van der Waals surface area contributed by atoms with Gasteiger partial charge in [0.2, 0.25) is 0 Å². The summed E-state index contributed by atoms with van der Waals surface area (Å²) in [6, 6.07) is 0. The minimum atomic E-state index is 0.568. The van der Waals surface area contributed by atoms with Crippen molar-refractivity contribution >= 4 is 0 Å². The van der Waals surface area contributed by atoms with Gasteiger partial charge in [0.05, 0.1) is 18.8 Å². The fraction of sp³-hybridized carbons (Fsp3) is 0.143. The number of ether oxygens (including phenoxy) is 2. The molecule has 0 aliphatic carbocycles. The lowest BCUT2D eigenvalue weighted by Gasteiger charge is -1.89. The molecule has 1 aliphatic heterocycles. The third kappa shape index (κ3) is 2.59. The van der Waals surface area contributed by atoms with Crippen molar-refractivity contribution in [3.63, 3.8) is 0 Å². The molecule has 0 saturated carbocycles. The average Bonchev–Trinajstić information content (AvgIpc) is 2.00. The molecule has 2 heteroatoms. The third-order valence-electron chi connectivity index (χ3n) is 0.810. The Morgan fingerprint density at radius 1 is 1.00 bits per heavy atom. The van der Waals surface area contributed by atoms with Gasteiger partial charge in [-0.2, -0.15) is 0 Å². The highest BCUT2D eigenvalue weighted by molar-refractivity contribution is 4.98. The van der Waals surface area contributed by atoms with Crippen LogP contribution in [0, 0.1) is 0 Å². The highest BCUT2D eigenvalue weighted by Crippen LogP contribution is 1.88. The molecule has 9 heavy (non-hydrogen) atoms. The van der Waals surface area contributed by atoms with Crippen LogP contribution in [0.25, 0.3) is 0 Å². The van der Waals surface area contributed by atoms with Crippen LogP contribution in [0.2, 0.25) is 0 Å². The van der Waals surface area contributed by atoms with Crippen LogP contribution in [-0.2, 0) is 9.47 Å². The average molecular weight is 124 g/mol. The molecule has 0 amide bonds. The zero-order chi connectivity index (χ0) is 6.36. The van der Waals surface area contributed by atoms with Gasteiger partial charge in [-0.25, -0.2) is 0 Å². The van der Waals surface area contributed by atoms with E-state index in [-0.39, 0.29) is 0 Å². The SMILES string of the molecule is C1=COC=CCOC=C1. The molecule has 1 heterocycles. The van der Waals surface area contributed by atoms with Gasteiger partial charge < -0.3 is 9.47 Å². The Morgan fingerprint density at radius 3 is 2.89 bits per heavy atom. The summed E-state index contributed by atoms with van der Waals surface area (Å²) in [6.07, 6.45) is 10.1. The predicted octanol–water partition coefficient (Wildman–Crippen LogP) is 1.57. The van der Waals surface area contributed by atoms with Gasteiger partial charge in [-0.3, -0.25) is 0 Å². The van der Waals surface area contributed by atoms with Crippen LogP contribution in [0.15, 0.2) is 37.0 Å². The second-order valence-electron chi connectivity index (χ2n) is 1.50. The second-order valence-corrected chi connectivity index (χ2v) is 1.50. The largest absolute Gasteiger partial charge is 0.497 e. The van der Waals surface area contributed by atoms with E-state index in [9.17, 15) is 0 Å². The molecular formula is C7H8O2. The minimum absolute atomic E-state index is 0.568. The molecule has 0 unspecified atom stereocenters.